The molecule has 2 aromatic carbocycles. The molecule has 19 heavy (non-hydrogen) atoms. The van der Waals surface area contributed by atoms with Gasteiger partial charge >= 0.3 is 0 Å². The third-order valence-corrected chi connectivity index (χ3v) is 3.10. The van der Waals surface area contributed by atoms with Crippen LogP contribution in [-0.2, 0) is 6.42 Å². The van der Waals surface area contributed by atoms with E-state index in [1.165, 1.54) is 11.1 Å². The predicted octanol–water partition coefficient (Wildman–Crippen LogP) is 3.74. The van der Waals surface area contributed by atoms with Gasteiger partial charge in [0.2, 0.25) is 0 Å². The summed E-state index contributed by atoms with van der Waals surface area (Å²) >= 11 is 0. The molecule has 0 aliphatic rings. The first-order valence-corrected chi connectivity index (χ1v) is 6.10. The van der Waals surface area contributed by atoms with E-state index in [4.69, 9.17) is 15.7 Å². The number of ether oxygens (including phenoxy) is 1. The van der Waals surface area contributed by atoms with Crippen LogP contribution >= 0.6 is 0 Å². The molecule has 0 aromatic heterocycles. The second-order valence-electron chi connectivity index (χ2n) is 4.54. The number of nitrogens with zero attached hydrogens (tertiary/aromatic N) is 1. The number of rotatable bonds is 3. The fourth-order valence-corrected chi connectivity index (χ4v) is 1.80. The molecule has 0 unspecified atom stereocenters. The standard InChI is InChI=1S/C16H16N2O/c1-11-3-4-14(9-12(11)2)19-15-5-6-16(18)13(10-15)7-8-17/h3-6,9-10H,7,18H2,1-2H3. The average molecular weight is 252 g/mol. The molecule has 0 aliphatic carbocycles. The quantitative estimate of drug-likeness (QED) is 0.846. The van der Waals surface area contributed by atoms with Crippen molar-refractivity contribution >= 4 is 5.69 Å². The predicted molar refractivity (Wildman–Crippen MR) is 76.2 cm³/mol. The zero-order chi connectivity index (χ0) is 13.8. The monoisotopic (exact) mass is 252 g/mol. The van der Waals surface area contributed by atoms with Crippen molar-refractivity contribution in [1.29, 1.82) is 5.26 Å². The van der Waals surface area contributed by atoms with Crippen molar-refractivity contribution < 1.29 is 4.74 Å². The maximum Gasteiger partial charge on any atom is 0.127 e. The van der Waals surface area contributed by atoms with Gasteiger partial charge < -0.3 is 10.5 Å². The van der Waals surface area contributed by atoms with E-state index in [1.54, 1.807) is 6.07 Å². The van der Waals surface area contributed by atoms with Gasteiger partial charge in [0.1, 0.15) is 11.5 Å². The highest BCUT2D eigenvalue weighted by Crippen LogP contribution is 2.26. The van der Waals surface area contributed by atoms with E-state index in [9.17, 15) is 0 Å². The van der Waals surface area contributed by atoms with Crippen LogP contribution < -0.4 is 10.5 Å². The summed E-state index contributed by atoms with van der Waals surface area (Å²) in [4.78, 5) is 0. The van der Waals surface area contributed by atoms with Gasteiger partial charge in [-0.1, -0.05) is 6.07 Å². The Morgan fingerprint density at radius 3 is 2.42 bits per heavy atom. The molecule has 3 nitrogen and oxygen atoms in total. The minimum Gasteiger partial charge on any atom is -0.457 e. The van der Waals surface area contributed by atoms with E-state index in [0.29, 0.717) is 11.4 Å². The van der Waals surface area contributed by atoms with Crippen molar-refractivity contribution in [3.63, 3.8) is 0 Å². The van der Waals surface area contributed by atoms with Gasteiger partial charge in [0, 0.05) is 5.69 Å². The molecule has 0 atom stereocenters. The zero-order valence-electron chi connectivity index (χ0n) is 11.1. The maximum atomic E-state index is 8.75. The molecule has 2 aromatic rings. The van der Waals surface area contributed by atoms with Crippen molar-refractivity contribution in [3.8, 4) is 17.6 Å². The number of hydrogen-bond donors (Lipinski definition) is 1. The molecule has 0 aliphatic heterocycles. The Hall–Kier alpha value is -2.47. The highest BCUT2D eigenvalue weighted by molar-refractivity contribution is 5.52. The Bertz CT molecular complexity index is 642. The molecular formula is C16H16N2O. The second kappa shape index (κ2) is 5.45. The number of anilines is 1. The van der Waals surface area contributed by atoms with Crippen molar-refractivity contribution in [1.82, 2.24) is 0 Å². The van der Waals surface area contributed by atoms with Gasteiger partial charge in [0.15, 0.2) is 0 Å². The second-order valence-corrected chi connectivity index (χ2v) is 4.54. The van der Waals surface area contributed by atoms with Gasteiger partial charge in [-0.05, 0) is 60.9 Å². The van der Waals surface area contributed by atoms with Crippen molar-refractivity contribution in [3.05, 3.63) is 53.1 Å². The van der Waals surface area contributed by atoms with Crippen LogP contribution in [0.3, 0.4) is 0 Å². The first-order chi connectivity index (χ1) is 9.10. The lowest BCUT2D eigenvalue weighted by atomic mass is 10.1. The number of nitrogen functional groups attached to an aromatic ring is 1. The highest BCUT2D eigenvalue weighted by Gasteiger charge is 2.04. The van der Waals surface area contributed by atoms with E-state index >= 15 is 0 Å². The van der Waals surface area contributed by atoms with E-state index in [2.05, 4.69) is 13.0 Å². The Balaban J connectivity index is 2.25. The first-order valence-electron chi connectivity index (χ1n) is 6.10. The summed E-state index contributed by atoms with van der Waals surface area (Å²) in [6.45, 7) is 4.11. The number of aryl methyl sites for hydroxylation is 2. The van der Waals surface area contributed by atoms with Crippen molar-refractivity contribution in [2.24, 2.45) is 0 Å². The Labute approximate surface area is 113 Å². The van der Waals surface area contributed by atoms with Crippen LogP contribution in [-0.4, -0.2) is 0 Å². The van der Waals surface area contributed by atoms with E-state index in [0.717, 1.165) is 11.3 Å². The number of nitrogens with two attached hydrogens (primary N) is 1. The lowest BCUT2D eigenvalue weighted by molar-refractivity contribution is 0.481. The SMILES string of the molecule is Cc1ccc(Oc2ccc(N)c(CC#N)c2)cc1C. The normalized spacial score (nSPS) is 9.95. The van der Waals surface area contributed by atoms with Crippen molar-refractivity contribution in [2.75, 3.05) is 5.73 Å². The lowest BCUT2D eigenvalue weighted by Gasteiger charge is -2.10. The number of benzene rings is 2. The molecule has 2 N–H and O–H groups in total. The number of nitriles is 1. The molecule has 3 heteroatoms. The molecule has 2 rings (SSSR count). The largest absolute Gasteiger partial charge is 0.457 e. The summed E-state index contributed by atoms with van der Waals surface area (Å²) in [5.41, 5.74) is 9.64. The molecule has 96 valence electrons. The third kappa shape index (κ3) is 3.05. The first kappa shape index (κ1) is 13.0. The van der Waals surface area contributed by atoms with Gasteiger partial charge in [0.05, 0.1) is 12.5 Å². The third-order valence-electron chi connectivity index (χ3n) is 3.10. The minimum absolute atomic E-state index is 0.288. The van der Waals surface area contributed by atoms with Gasteiger partial charge in [-0.25, -0.2) is 0 Å². The van der Waals surface area contributed by atoms with E-state index < -0.39 is 0 Å². The fraction of sp³-hybridized carbons (Fsp3) is 0.188. The van der Waals surface area contributed by atoms with E-state index in [1.807, 2.05) is 37.3 Å². The van der Waals surface area contributed by atoms with Crippen molar-refractivity contribution in [2.45, 2.75) is 20.3 Å². The van der Waals surface area contributed by atoms with Crippen LogP contribution in [0.4, 0.5) is 5.69 Å². The molecule has 0 saturated heterocycles. The fourth-order valence-electron chi connectivity index (χ4n) is 1.80. The minimum atomic E-state index is 0.288. The Morgan fingerprint density at radius 1 is 1.05 bits per heavy atom. The smallest absolute Gasteiger partial charge is 0.127 e. The van der Waals surface area contributed by atoms with Gasteiger partial charge in [-0.2, -0.15) is 5.26 Å². The van der Waals surface area contributed by atoms with Crippen LogP contribution in [0.2, 0.25) is 0 Å². The summed E-state index contributed by atoms with van der Waals surface area (Å²) in [5, 5.41) is 8.75. The average Bonchev–Trinajstić information content (AvgIpc) is 2.38. The van der Waals surface area contributed by atoms with E-state index in [-0.39, 0.29) is 6.42 Å². The molecule has 0 spiro atoms. The van der Waals surface area contributed by atoms with Gasteiger partial charge in [-0.15, -0.1) is 0 Å². The molecule has 0 fully saturated rings. The zero-order valence-corrected chi connectivity index (χ0v) is 11.1. The van der Waals surface area contributed by atoms with Gasteiger partial charge in [0.25, 0.3) is 0 Å². The highest BCUT2D eigenvalue weighted by atomic mass is 16.5. The van der Waals surface area contributed by atoms with Crippen LogP contribution in [0.1, 0.15) is 16.7 Å². The molecule has 0 saturated carbocycles. The molecule has 0 radical (unpaired) electrons. The molecule has 0 bridgehead atoms. The van der Waals surface area contributed by atoms with Crippen LogP contribution in [0.5, 0.6) is 11.5 Å². The maximum absolute atomic E-state index is 8.75. The summed E-state index contributed by atoms with van der Waals surface area (Å²) in [7, 11) is 0. The summed E-state index contributed by atoms with van der Waals surface area (Å²) in [6.07, 6.45) is 0.288. The Morgan fingerprint density at radius 2 is 1.74 bits per heavy atom. The summed E-state index contributed by atoms with van der Waals surface area (Å²) in [6, 6.07) is 13.4. The summed E-state index contributed by atoms with van der Waals surface area (Å²) < 4.78 is 5.79. The molecule has 0 amide bonds. The summed E-state index contributed by atoms with van der Waals surface area (Å²) in [5.74, 6) is 1.48. The number of hydrogen-bond acceptors (Lipinski definition) is 3. The topological polar surface area (TPSA) is 59.0 Å². The van der Waals surface area contributed by atoms with Crippen LogP contribution in [0.15, 0.2) is 36.4 Å². The van der Waals surface area contributed by atoms with Gasteiger partial charge in [-0.3, -0.25) is 0 Å². The Kier molecular flexibility index (Phi) is 3.72. The molecular weight excluding hydrogens is 236 g/mol. The van der Waals surface area contributed by atoms with Crippen LogP contribution in [0.25, 0.3) is 0 Å². The molecule has 0 heterocycles. The van der Waals surface area contributed by atoms with Crippen LogP contribution in [0, 0.1) is 25.2 Å². The lowest BCUT2D eigenvalue weighted by Crippen LogP contribution is -1.94.